The van der Waals surface area contributed by atoms with Gasteiger partial charge in [0.1, 0.15) is 0 Å². The molecular formula is C8H9F2NO. The van der Waals surface area contributed by atoms with Crippen molar-refractivity contribution >= 4 is 0 Å². The summed E-state index contributed by atoms with van der Waals surface area (Å²) >= 11 is 0. The zero-order chi connectivity index (χ0) is 8.97. The molecule has 2 N–H and O–H groups in total. The fraction of sp³-hybridized carbons (Fsp3) is 0.250. The van der Waals surface area contributed by atoms with Gasteiger partial charge >= 0.3 is 0 Å². The van der Waals surface area contributed by atoms with Gasteiger partial charge in [-0.2, -0.15) is 0 Å². The summed E-state index contributed by atoms with van der Waals surface area (Å²) in [6.45, 7) is 0.146. The van der Waals surface area contributed by atoms with E-state index < -0.39 is 11.6 Å². The molecule has 1 aromatic carbocycles. The summed E-state index contributed by atoms with van der Waals surface area (Å²) in [5.41, 5.74) is 0.600. The first kappa shape index (κ1) is 9.09. The van der Waals surface area contributed by atoms with E-state index in [-0.39, 0.29) is 6.73 Å². The minimum absolute atomic E-state index is 0.182. The Balaban J connectivity index is 2.69. The monoisotopic (exact) mass is 173 g/mol. The maximum absolute atomic E-state index is 12.5. The van der Waals surface area contributed by atoms with E-state index in [0.29, 0.717) is 12.1 Å². The highest BCUT2D eigenvalue weighted by Gasteiger charge is 2.00. The van der Waals surface area contributed by atoms with Crippen molar-refractivity contribution in [3.63, 3.8) is 0 Å². The van der Waals surface area contributed by atoms with Gasteiger partial charge in [0.15, 0.2) is 11.6 Å². The Hall–Kier alpha value is -1.00. The molecule has 0 aliphatic heterocycles. The van der Waals surface area contributed by atoms with Crippen molar-refractivity contribution in [2.24, 2.45) is 0 Å². The Kier molecular flexibility index (Phi) is 3.13. The first-order chi connectivity index (χ1) is 5.74. The standard InChI is InChI=1S/C8H9F2NO/c9-7-2-1-6(3-8(7)10)4-11-5-12/h1-3,11-12H,4-5H2. The van der Waals surface area contributed by atoms with Gasteiger partial charge in [0, 0.05) is 6.54 Å². The fourth-order valence-corrected chi connectivity index (χ4v) is 0.850. The summed E-state index contributed by atoms with van der Waals surface area (Å²) in [7, 11) is 0. The van der Waals surface area contributed by atoms with Gasteiger partial charge in [0.2, 0.25) is 0 Å². The number of rotatable bonds is 3. The van der Waals surface area contributed by atoms with Crippen LogP contribution in [-0.4, -0.2) is 11.8 Å². The minimum Gasteiger partial charge on any atom is -0.381 e. The van der Waals surface area contributed by atoms with Crippen LogP contribution in [0.1, 0.15) is 5.56 Å². The second-order valence-corrected chi connectivity index (χ2v) is 2.33. The molecule has 0 fully saturated rings. The zero-order valence-corrected chi connectivity index (χ0v) is 6.35. The van der Waals surface area contributed by atoms with Gasteiger partial charge in [0.05, 0.1) is 6.73 Å². The predicted molar refractivity (Wildman–Crippen MR) is 40.3 cm³/mol. The third-order valence-corrected chi connectivity index (χ3v) is 1.42. The van der Waals surface area contributed by atoms with E-state index in [2.05, 4.69) is 5.32 Å². The van der Waals surface area contributed by atoms with E-state index in [1.807, 2.05) is 0 Å². The Morgan fingerprint density at radius 2 is 2.00 bits per heavy atom. The van der Waals surface area contributed by atoms with Crippen LogP contribution in [-0.2, 0) is 6.54 Å². The lowest BCUT2D eigenvalue weighted by molar-refractivity contribution is 0.259. The molecule has 0 aliphatic rings. The van der Waals surface area contributed by atoms with Crippen molar-refractivity contribution < 1.29 is 13.9 Å². The van der Waals surface area contributed by atoms with Crippen molar-refractivity contribution in [1.29, 1.82) is 0 Å². The van der Waals surface area contributed by atoms with Crippen LogP contribution in [0.15, 0.2) is 18.2 Å². The van der Waals surface area contributed by atoms with Crippen molar-refractivity contribution in [1.82, 2.24) is 5.32 Å². The summed E-state index contributed by atoms with van der Waals surface area (Å²) in [6, 6.07) is 3.61. The molecule has 1 aromatic rings. The molecule has 0 heterocycles. The Morgan fingerprint density at radius 3 is 2.58 bits per heavy atom. The van der Waals surface area contributed by atoms with Gasteiger partial charge in [-0.1, -0.05) is 6.07 Å². The summed E-state index contributed by atoms with van der Waals surface area (Å²) in [5.74, 6) is -1.73. The van der Waals surface area contributed by atoms with Gasteiger partial charge in [-0.3, -0.25) is 5.32 Å². The van der Waals surface area contributed by atoms with Gasteiger partial charge < -0.3 is 5.11 Å². The number of benzene rings is 1. The number of aliphatic hydroxyl groups excluding tert-OH is 1. The fourth-order valence-electron chi connectivity index (χ4n) is 0.850. The van der Waals surface area contributed by atoms with Crippen LogP contribution in [0.2, 0.25) is 0 Å². The molecule has 0 atom stereocenters. The highest BCUT2D eigenvalue weighted by Crippen LogP contribution is 2.07. The average molecular weight is 173 g/mol. The van der Waals surface area contributed by atoms with Crippen molar-refractivity contribution in [3.05, 3.63) is 35.4 Å². The molecule has 1 rings (SSSR count). The van der Waals surface area contributed by atoms with Crippen molar-refractivity contribution in [2.75, 3.05) is 6.73 Å². The molecule has 0 saturated carbocycles. The summed E-state index contributed by atoms with van der Waals surface area (Å²) in [4.78, 5) is 0. The second-order valence-electron chi connectivity index (χ2n) is 2.33. The normalized spacial score (nSPS) is 10.2. The first-order valence-electron chi connectivity index (χ1n) is 3.49. The Labute approximate surface area is 68.8 Å². The number of hydrogen-bond donors (Lipinski definition) is 2. The third kappa shape index (κ3) is 2.25. The molecule has 0 amide bonds. The van der Waals surface area contributed by atoms with E-state index in [4.69, 9.17) is 5.11 Å². The van der Waals surface area contributed by atoms with Crippen LogP contribution in [0.25, 0.3) is 0 Å². The smallest absolute Gasteiger partial charge is 0.159 e. The quantitative estimate of drug-likeness (QED) is 0.668. The van der Waals surface area contributed by atoms with Crippen LogP contribution in [0.5, 0.6) is 0 Å². The molecule has 0 bridgehead atoms. The van der Waals surface area contributed by atoms with E-state index in [1.54, 1.807) is 0 Å². The largest absolute Gasteiger partial charge is 0.381 e. The van der Waals surface area contributed by atoms with E-state index in [9.17, 15) is 8.78 Å². The summed E-state index contributed by atoms with van der Waals surface area (Å²) < 4.78 is 24.9. The molecular weight excluding hydrogens is 164 g/mol. The lowest BCUT2D eigenvalue weighted by Crippen LogP contribution is -2.13. The van der Waals surface area contributed by atoms with Crippen molar-refractivity contribution in [2.45, 2.75) is 6.54 Å². The molecule has 0 unspecified atom stereocenters. The number of aliphatic hydroxyl groups is 1. The lowest BCUT2D eigenvalue weighted by atomic mass is 10.2. The third-order valence-electron chi connectivity index (χ3n) is 1.42. The van der Waals surface area contributed by atoms with Crippen LogP contribution < -0.4 is 5.32 Å². The van der Waals surface area contributed by atoms with Gasteiger partial charge in [-0.15, -0.1) is 0 Å². The SMILES string of the molecule is OCNCc1ccc(F)c(F)c1. The van der Waals surface area contributed by atoms with Crippen LogP contribution in [0.4, 0.5) is 8.78 Å². The molecule has 12 heavy (non-hydrogen) atoms. The van der Waals surface area contributed by atoms with Crippen LogP contribution in [0.3, 0.4) is 0 Å². The Bertz CT molecular complexity index is 265. The number of hydrogen-bond acceptors (Lipinski definition) is 2. The lowest BCUT2D eigenvalue weighted by Gasteiger charge is -2.01. The van der Waals surface area contributed by atoms with E-state index in [1.165, 1.54) is 6.07 Å². The van der Waals surface area contributed by atoms with Gasteiger partial charge in [-0.25, -0.2) is 8.78 Å². The Morgan fingerprint density at radius 1 is 1.25 bits per heavy atom. The molecule has 0 spiro atoms. The van der Waals surface area contributed by atoms with Gasteiger partial charge in [0.25, 0.3) is 0 Å². The molecule has 2 nitrogen and oxygen atoms in total. The second kappa shape index (κ2) is 4.13. The number of halogens is 2. The average Bonchev–Trinajstić information content (AvgIpc) is 2.07. The topological polar surface area (TPSA) is 32.3 Å². The van der Waals surface area contributed by atoms with E-state index in [0.717, 1.165) is 12.1 Å². The van der Waals surface area contributed by atoms with Crippen LogP contribution in [0, 0.1) is 11.6 Å². The molecule has 0 saturated heterocycles. The molecule has 0 radical (unpaired) electrons. The molecule has 66 valence electrons. The molecule has 4 heteroatoms. The zero-order valence-electron chi connectivity index (χ0n) is 6.35. The minimum atomic E-state index is -0.868. The first-order valence-corrected chi connectivity index (χ1v) is 3.49. The molecule has 0 aliphatic carbocycles. The van der Waals surface area contributed by atoms with Gasteiger partial charge in [-0.05, 0) is 17.7 Å². The summed E-state index contributed by atoms with van der Waals surface area (Å²) in [5, 5.41) is 11.0. The maximum Gasteiger partial charge on any atom is 0.159 e. The summed E-state index contributed by atoms with van der Waals surface area (Å²) in [6.07, 6.45) is 0. The van der Waals surface area contributed by atoms with Crippen LogP contribution >= 0.6 is 0 Å². The predicted octanol–water partition coefficient (Wildman–Crippen LogP) is 1.00. The highest BCUT2D eigenvalue weighted by molar-refractivity contribution is 5.17. The highest BCUT2D eigenvalue weighted by atomic mass is 19.2. The van der Waals surface area contributed by atoms with Crippen molar-refractivity contribution in [3.8, 4) is 0 Å². The number of nitrogens with one attached hydrogen (secondary N) is 1. The molecule has 0 aromatic heterocycles. The van der Waals surface area contributed by atoms with E-state index >= 15 is 0 Å². The maximum atomic E-state index is 12.5.